The van der Waals surface area contributed by atoms with Gasteiger partial charge < -0.3 is 14.2 Å². The summed E-state index contributed by atoms with van der Waals surface area (Å²) in [5, 5.41) is 0. The highest BCUT2D eigenvalue weighted by atomic mass is 19.1. The van der Waals surface area contributed by atoms with Crippen LogP contribution >= 0.6 is 0 Å². The lowest BCUT2D eigenvalue weighted by atomic mass is 9.92. The molecular formula is C17H17FO3. The van der Waals surface area contributed by atoms with E-state index in [-0.39, 0.29) is 11.9 Å². The number of methoxy groups -OCH3 is 2. The van der Waals surface area contributed by atoms with Gasteiger partial charge in [-0.1, -0.05) is 12.1 Å². The molecule has 1 atom stereocenters. The number of halogens is 1. The topological polar surface area (TPSA) is 27.7 Å². The van der Waals surface area contributed by atoms with Crippen molar-refractivity contribution in [2.24, 2.45) is 0 Å². The van der Waals surface area contributed by atoms with Crippen LogP contribution < -0.4 is 9.47 Å². The van der Waals surface area contributed by atoms with E-state index in [4.69, 9.17) is 14.2 Å². The predicted molar refractivity (Wildman–Crippen MR) is 77.4 cm³/mol. The van der Waals surface area contributed by atoms with E-state index in [9.17, 15) is 4.39 Å². The summed E-state index contributed by atoms with van der Waals surface area (Å²) in [5.41, 5.74) is 3.16. The molecule has 0 N–H and O–H groups in total. The standard InChI is InChI=1S/C17H17FO3/c1-19-15-9-12-7-8-21-17(14(12)10-16(15)20-2)11-3-5-13(18)6-4-11/h3-6,9-10,17H,7-8H2,1-2H3/t17-/m0/s1. The van der Waals surface area contributed by atoms with Gasteiger partial charge in [-0.05, 0) is 47.4 Å². The molecule has 0 saturated carbocycles. The van der Waals surface area contributed by atoms with Gasteiger partial charge in [0.25, 0.3) is 0 Å². The van der Waals surface area contributed by atoms with Gasteiger partial charge in [0.05, 0.1) is 20.8 Å². The Morgan fingerprint density at radius 3 is 2.38 bits per heavy atom. The Labute approximate surface area is 123 Å². The zero-order chi connectivity index (χ0) is 14.8. The molecule has 21 heavy (non-hydrogen) atoms. The summed E-state index contributed by atoms with van der Waals surface area (Å²) in [6.07, 6.45) is 0.627. The first-order chi connectivity index (χ1) is 10.2. The van der Waals surface area contributed by atoms with Crippen molar-refractivity contribution in [2.75, 3.05) is 20.8 Å². The second-order valence-corrected chi connectivity index (χ2v) is 4.96. The molecule has 3 nitrogen and oxygen atoms in total. The van der Waals surface area contributed by atoms with E-state index in [1.165, 1.54) is 17.7 Å². The van der Waals surface area contributed by atoms with Crippen LogP contribution in [-0.4, -0.2) is 20.8 Å². The quantitative estimate of drug-likeness (QED) is 0.865. The van der Waals surface area contributed by atoms with Gasteiger partial charge in [0.2, 0.25) is 0 Å². The van der Waals surface area contributed by atoms with Crippen molar-refractivity contribution in [1.82, 2.24) is 0 Å². The maximum atomic E-state index is 13.1. The Kier molecular flexibility index (Phi) is 3.80. The number of fused-ring (bicyclic) bond motifs is 1. The van der Waals surface area contributed by atoms with Crippen molar-refractivity contribution in [3.8, 4) is 11.5 Å². The summed E-state index contributed by atoms with van der Waals surface area (Å²) in [6.45, 7) is 0.629. The van der Waals surface area contributed by atoms with Crippen LogP contribution in [0.5, 0.6) is 11.5 Å². The first kappa shape index (κ1) is 13.9. The monoisotopic (exact) mass is 288 g/mol. The second-order valence-electron chi connectivity index (χ2n) is 4.96. The molecule has 3 rings (SSSR count). The minimum Gasteiger partial charge on any atom is -0.493 e. The van der Waals surface area contributed by atoms with Gasteiger partial charge in [-0.2, -0.15) is 0 Å². The van der Waals surface area contributed by atoms with Crippen LogP contribution in [-0.2, 0) is 11.2 Å². The Balaban J connectivity index is 2.06. The van der Waals surface area contributed by atoms with Crippen LogP contribution in [0.4, 0.5) is 4.39 Å². The third kappa shape index (κ3) is 2.59. The summed E-state index contributed by atoms with van der Waals surface area (Å²) < 4.78 is 29.7. The van der Waals surface area contributed by atoms with E-state index >= 15 is 0 Å². The third-order valence-electron chi connectivity index (χ3n) is 3.76. The second kappa shape index (κ2) is 5.74. The molecule has 0 aliphatic carbocycles. The summed E-state index contributed by atoms with van der Waals surface area (Å²) in [4.78, 5) is 0. The molecule has 0 spiro atoms. The molecule has 0 bridgehead atoms. The molecule has 0 saturated heterocycles. The van der Waals surface area contributed by atoms with Crippen molar-refractivity contribution in [1.29, 1.82) is 0 Å². The van der Waals surface area contributed by atoms with Crippen LogP contribution in [0.1, 0.15) is 22.8 Å². The minimum absolute atomic E-state index is 0.200. The molecule has 2 aromatic carbocycles. The zero-order valence-corrected chi connectivity index (χ0v) is 12.1. The molecule has 110 valence electrons. The Morgan fingerprint density at radius 2 is 1.71 bits per heavy atom. The maximum Gasteiger partial charge on any atom is 0.161 e. The maximum absolute atomic E-state index is 13.1. The van der Waals surface area contributed by atoms with E-state index in [0.29, 0.717) is 12.4 Å². The van der Waals surface area contributed by atoms with Gasteiger partial charge in [0.1, 0.15) is 11.9 Å². The van der Waals surface area contributed by atoms with Crippen molar-refractivity contribution in [3.63, 3.8) is 0 Å². The van der Waals surface area contributed by atoms with Crippen molar-refractivity contribution in [3.05, 3.63) is 58.9 Å². The summed E-state index contributed by atoms with van der Waals surface area (Å²) in [7, 11) is 3.24. The van der Waals surface area contributed by atoms with Crippen LogP contribution in [0, 0.1) is 5.82 Å². The molecule has 1 aliphatic heterocycles. The predicted octanol–water partition coefficient (Wildman–Crippen LogP) is 3.51. The van der Waals surface area contributed by atoms with Gasteiger partial charge in [-0.3, -0.25) is 0 Å². The molecule has 0 radical (unpaired) electrons. The molecule has 4 heteroatoms. The van der Waals surface area contributed by atoms with Crippen molar-refractivity contribution in [2.45, 2.75) is 12.5 Å². The Morgan fingerprint density at radius 1 is 1.05 bits per heavy atom. The number of hydrogen-bond acceptors (Lipinski definition) is 3. The minimum atomic E-state index is -0.248. The normalized spacial score (nSPS) is 17.2. The van der Waals surface area contributed by atoms with Gasteiger partial charge in [-0.15, -0.1) is 0 Å². The van der Waals surface area contributed by atoms with E-state index in [0.717, 1.165) is 23.3 Å². The smallest absolute Gasteiger partial charge is 0.161 e. The number of benzene rings is 2. The molecule has 1 aliphatic rings. The summed E-state index contributed by atoms with van der Waals surface area (Å²) >= 11 is 0. The van der Waals surface area contributed by atoms with Crippen LogP contribution in [0.15, 0.2) is 36.4 Å². The van der Waals surface area contributed by atoms with Gasteiger partial charge in [0, 0.05) is 0 Å². The molecule has 0 fully saturated rings. The fourth-order valence-corrected chi connectivity index (χ4v) is 2.69. The zero-order valence-electron chi connectivity index (χ0n) is 12.1. The van der Waals surface area contributed by atoms with Gasteiger partial charge in [0.15, 0.2) is 11.5 Å². The van der Waals surface area contributed by atoms with E-state index in [2.05, 4.69) is 0 Å². The highest BCUT2D eigenvalue weighted by Gasteiger charge is 2.25. The van der Waals surface area contributed by atoms with Crippen molar-refractivity contribution < 1.29 is 18.6 Å². The Bertz CT molecular complexity index is 637. The molecule has 0 amide bonds. The highest BCUT2D eigenvalue weighted by molar-refractivity contribution is 5.50. The Hall–Kier alpha value is -2.07. The van der Waals surface area contributed by atoms with Crippen LogP contribution in [0.2, 0.25) is 0 Å². The fraction of sp³-hybridized carbons (Fsp3) is 0.294. The van der Waals surface area contributed by atoms with E-state index < -0.39 is 0 Å². The van der Waals surface area contributed by atoms with Crippen LogP contribution in [0.25, 0.3) is 0 Å². The summed E-state index contributed by atoms with van der Waals surface area (Å²) in [5.74, 6) is 1.15. The average molecular weight is 288 g/mol. The lowest BCUT2D eigenvalue weighted by molar-refractivity contribution is 0.0694. The molecule has 0 unspecified atom stereocenters. The van der Waals surface area contributed by atoms with E-state index in [1.54, 1.807) is 26.4 Å². The lowest BCUT2D eigenvalue weighted by Gasteiger charge is -2.27. The number of ether oxygens (including phenoxy) is 3. The highest BCUT2D eigenvalue weighted by Crippen LogP contribution is 2.39. The van der Waals surface area contributed by atoms with Gasteiger partial charge in [-0.25, -0.2) is 4.39 Å². The molecular weight excluding hydrogens is 271 g/mol. The average Bonchev–Trinajstić information content (AvgIpc) is 2.53. The molecule has 0 aromatic heterocycles. The lowest BCUT2D eigenvalue weighted by Crippen LogP contribution is -2.17. The first-order valence-electron chi connectivity index (χ1n) is 6.85. The largest absolute Gasteiger partial charge is 0.493 e. The number of hydrogen-bond donors (Lipinski definition) is 0. The van der Waals surface area contributed by atoms with Crippen LogP contribution in [0.3, 0.4) is 0 Å². The van der Waals surface area contributed by atoms with E-state index in [1.807, 2.05) is 12.1 Å². The van der Waals surface area contributed by atoms with Gasteiger partial charge >= 0.3 is 0 Å². The van der Waals surface area contributed by atoms with Crippen molar-refractivity contribution >= 4 is 0 Å². The molecule has 1 heterocycles. The third-order valence-corrected chi connectivity index (χ3v) is 3.76. The number of rotatable bonds is 3. The molecule has 2 aromatic rings. The first-order valence-corrected chi connectivity index (χ1v) is 6.85. The fourth-order valence-electron chi connectivity index (χ4n) is 2.69. The summed E-state index contributed by atoms with van der Waals surface area (Å²) in [6, 6.07) is 10.4. The SMILES string of the molecule is COc1cc2c(cc1OC)[C@H](c1ccc(F)cc1)OCC2.